The fourth-order valence-electron chi connectivity index (χ4n) is 1.77. The molecule has 2 heterocycles. The van der Waals surface area contributed by atoms with Crippen LogP contribution in [0, 0.1) is 5.82 Å². The Morgan fingerprint density at radius 1 is 1.62 bits per heavy atom. The molecule has 1 aliphatic heterocycles. The van der Waals surface area contributed by atoms with E-state index in [1.807, 2.05) is 0 Å². The number of pyridine rings is 1. The average Bonchev–Trinajstić information content (AvgIpc) is 2.61. The summed E-state index contributed by atoms with van der Waals surface area (Å²) in [4.78, 5) is 3.72. The molecule has 70 valence electrons. The minimum Gasteiger partial charge on any atom is -0.314 e. The van der Waals surface area contributed by atoms with Crippen LogP contribution in [0.15, 0.2) is 18.5 Å². The molecule has 13 heavy (non-hydrogen) atoms. The third-order valence-electron chi connectivity index (χ3n) is 2.49. The molecular formula is C10H13FN2. The molecule has 1 fully saturated rings. The molecule has 0 bridgehead atoms. The number of hydrogen-bond donors (Lipinski definition) is 1. The second-order valence-electron chi connectivity index (χ2n) is 3.46. The summed E-state index contributed by atoms with van der Waals surface area (Å²) in [5.74, 6) is -0.184. The quantitative estimate of drug-likeness (QED) is 0.746. The zero-order valence-corrected chi connectivity index (χ0v) is 7.46. The van der Waals surface area contributed by atoms with Gasteiger partial charge in [0, 0.05) is 12.2 Å². The van der Waals surface area contributed by atoms with Gasteiger partial charge < -0.3 is 5.32 Å². The smallest absolute Gasteiger partial charge is 0.144 e. The lowest BCUT2D eigenvalue weighted by molar-refractivity contribution is 0.557. The number of nitrogens with one attached hydrogen (secondary N) is 1. The Kier molecular flexibility index (Phi) is 2.54. The van der Waals surface area contributed by atoms with Gasteiger partial charge in [-0.05, 0) is 37.4 Å². The molecule has 1 saturated heterocycles. The first-order chi connectivity index (χ1) is 6.36. The van der Waals surface area contributed by atoms with E-state index in [-0.39, 0.29) is 5.82 Å². The van der Waals surface area contributed by atoms with Gasteiger partial charge in [0.25, 0.3) is 0 Å². The highest BCUT2D eigenvalue weighted by molar-refractivity contribution is 5.14. The molecule has 1 N–H and O–H groups in total. The summed E-state index contributed by atoms with van der Waals surface area (Å²) in [5.41, 5.74) is 0.773. The van der Waals surface area contributed by atoms with Crippen LogP contribution in [0.1, 0.15) is 18.4 Å². The van der Waals surface area contributed by atoms with Crippen molar-refractivity contribution in [3.8, 4) is 0 Å². The summed E-state index contributed by atoms with van der Waals surface area (Å²) in [7, 11) is 0. The minimum absolute atomic E-state index is 0.184. The third kappa shape index (κ3) is 2.04. The second-order valence-corrected chi connectivity index (χ2v) is 3.46. The van der Waals surface area contributed by atoms with Crippen LogP contribution in [-0.4, -0.2) is 17.6 Å². The topological polar surface area (TPSA) is 24.9 Å². The molecule has 3 heteroatoms. The van der Waals surface area contributed by atoms with Crippen molar-refractivity contribution < 1.29 is 4.39 Å². The van der Waals surface area contributed by atoms with Crippen LogP contribution in [0.5, 0.6) is 0 Å². The van der Waals surface area contributed by atoms with Crippen LogP contribution in [0.25, 0.3) is 0 Å². The minimum atomic E-state index is -0.184. The molecule has 2 rings (SSSR count). The van der Waals surface area contributed by atoms with Gasteiger partial charge in [0.05, 0.1) is 6.20 Å². The van der Waals surface area contributed by atoms with Crippen molar-refractivity contribution in [1.29, 1.82) is 0 Å². The Balaban J connectivity index is 2.04. The maximum absolute atomic E-state index is 13.2. The van der Waals surface area contributed by atoms with Crippen LogP contribution < -0.4 is 5.32 Å². The number of aromatic nitrogens is 1. The molecule has 1 atom stereocenters. The van der Waals surface area contributed by atoms with Gasteiger partial charge in [-0.25, -0.2) is 4.39 Å². The molecule has 0 radical (unpaired) electrons. The van der Waals surface area contributed by atoms with Crippen molar-refractivity contribution in [2.45, 2.75) is 25.3 Å². The lowest BCUT2D eigenvalue weighted by Crippen LogP contribution is -2.24. The Hall–Kier alpha value is -0.960. The van der Waals surface area contributed by atoms with Gasteiger partial charge in [0.2, 0.25) is 0 Å². The largest absolute Gasteiger partial charge is 0.314 e. The Labute approximate surface area is 77.2 Å². The van der Waals surface area contributed by atoms with Crippen LogP contribution >= 0.6 is 0 Å². The van der Waals surface area contributed by atoms with E-state index in [0.717, 1.165) is 24.9 Å². The highest BCUT2D eigenvalue weighted by Gasteiger charge is 2.15. The fourth-order valence-corrected chi connectivity index (χ4v) is 1.77. The molecule has 1 aromatic heterocycles. The van der Waals surface area contributed by atoms with E-state index < -0.39 is 0 Å². The van der Waals surface area contributed by atoms with Gasteiger partial charge in [-0.15, -0.1) is 0 Å². The van der Waals surface area contributed by atoms with Crippen LogP contribution in [-0.2, 0) is 6.42 Å². The lowest BCUT2D eigenvalue weighted by atomic mass is 10.1. The first-order valence-electron chi connectivity index (χ1n) is 4.68. The Bertz CT molecular complexity index is 282. The van der Waals surface area contributed by atoms with Crippen molar-refractivity contribution in [3.63, 3.8) is 0 Å². The molecule has 0 spiro atoms. The van der Waals surface area contributed by atoms with E-state index in [9.17, 15) is 4.39 Å². The number of hydrogen-bond acceptors (Lipinski definition) is 2. The highest BCUT2D eigenvalue weighted by Crippen LogP contribution is 2.13. The molecule has 0 aromatic carbocycles. The molecule has 0 amide bonds. The lowest BCUT2D eigenvalue weighted by Gasteiger charge is -2.09. The van der Waals surface area contributed by atoms with Gasteiger partial charge in [-0.2, -0.15) is 0 Å². The van der Waals surface area contributed by atoms with Crippen molar-refractivity contribution in [2.75, 3.05) is 6.54 Å². The molecule has 1 aromatic rings. The Morgan fingerprint density at radius 3 is 3.23 bits per heavy atom. The summed E-state index contributed by atoms with van der Waals surface area (Å²) in [6.07, 6.45) is 6.07. The molecule has 0 aliphatic carbocycles. The van der Waals surface area contributed by atoms with Gasteiger partial charge in [0.1, 0.15) is 5.82 Å². The average molecular weight is 180 g/mol. The summed E-state index contributed by atoms with van der Waals surface area (Å²) in [5, 5.41) is 3.35. The summed E-state index contributed by atoms with van der Waals surface area (Å²) in [6.45, 7) is 1.07. The van der Waals surface area contributed by atoms with Crippen LogP contribution in [0.3, 0.4) is 0 Å². The summed E-state index contributed by atoms with van der Waals surface area (Å²) in [6, 6.07) is 2.21. The van der Waals surface area contributed by atoms with E-state index in [4.69, 9.17) is 0 Å². The molecule has 1 aliphatic rings. The predicted molar refractivity (Wildman–Crippen MR) is 48.9 cm³/mol. The van der Waals surface area contributed by atoms with E-state index in [0.29, 0.717) is 6.04 Å². The molecule has 0 saturated carbocycles. The van der Waals surface area contributed by atoms with Gasteiger partial charge >= 0.3 is 0 Å². The number of rotatable bonds is 2. The zero-order valence-electron chi connectivity index (χ0n) is 7.46. The number of halogens is 1. The molecular weight excluding hydrogens is 167 g/mol. The van der Waals surface area contributed by atoms with E-state index in [2.05, 4.69) is 10.3 Å². The van der Waals surface area contributed by atoms with Crippen molar-refractivity contribution >= 4 is 0 Å². The Morgan fingerprint density at radius 2 is 2.54 bits per heavy atom. The van der Waals surface area contributed by atoms with Crippen molar-refractivity contribution in [1.82, 2.24) is 10.3 Å². The van der Waals surface area contributed by atoms with Gasteiger partial charge in [0.15, 0.2) is 0 Å². The standard InChI is InChI=1S/C10H13FN2/c11-10-7-12-5-3-8(10)6-9-2-1-4-13-9/h3,5,7,9,13H,1-2,4,6H2. The predicted octanol–water partition coefficient (Wildman–Crippen LogP) is 1.52. The van der Waals surface area contributed by atoms with Crippen LogP contribution in [0.4, 0.5) is 4.39 Å². The maximum atomic E-state index is 13.2. The van der Waals surface area contributed by atoms with Gasteiger partial charge in [-0.3, -0.25) is 4.98 Å². The fraction of sp³-hybridized carbons (Fsp3) is 0.500. The SMILES string of the molecule is Fc1cnccc1CC1CCCN1. The number of nitrogens with zero attached hydrogens (tertiary/aromatic N) is 1. The van der Waals surface area contributed by atoms with E-state index >= 15 is 0 Å². The monoisotopic (exact) mass is 180 g/mol. The second kappa shape index (κ2) is 3.83. The maximum Gasteiger partial charge on any atom is 0.144 e. The van der Waals surface area contributed by atoms with Gasteiger partial charge in [-0.1, -0.05) is 0 Å². The first-order valence-corrected chi connectivity index (χ1v) is 4.68. The first kappa shape index (κ1) is 8.63. The highest BCUT2D eigenvalue weighted by atomic mass is 19.1. The zero-order chi connectivity index (χ0) is 9.10. The summed E-state index contributed by atoms with van der Waals surface area (Å²) >= 11 is 0. The van der Waals surface area contributed by atoms with E-state index in [1.54, 1.807) is 12.3 Å². The van der Waals surface area contributed by atoms with E-state index in [1.165, 1.54) is 12.6 Å². The van der Waals surface area contributed by atoms with Crippen molar-refractivity contribution in [2.24, 2.45) is 0 Å². The molecule has 2 nitrogen and oxygen atoms in total. The summed E-state index contributed by atoms with van der Waals surface area (Å²) < 4.78 is 13.2. The van der Waals surface area contributed by atoms with Crippen LogP contribution in [0.2, 0.25) is 0 Å². The van der Waals surface area contributed by atoms with Crippen molar-refractivity contribution in [3.05, 3.63) is 29.8 Å². The molecule has 1 unspecified atom stereocenters. The third-order valence-corrected chi connectivity index (χ3v) is 2.49. The normalized spacial score (nSPS) is 22.1.